The smallest absolute Gasteiger partial charge is 0.269 e. The predicted octanol–water partition coefficient (Wildman–Crippen LogP) is 2.66. The van der Waals surface area contributed by atoms with E-state index in [4.69, 9.17) is 0 Å². The molecule has 8 nitrogen and oxygen atoms in total. The van der Waals surface area contributed by atoms with Crippen LogP contribution in [0.4, 0.5) is 5.69 Å². The number of rotatable bonds is 6. The van der Waals surface area contributed by atoms with Crippen molar-refractivity contribution in [3.63, 3.8) is 0 Å². The molecule has 2 aliphatic carbocycles. The van der Waals surface area contributed by atoms with E-state index >= 15 is 0 Å². The van der Waals surface area contributed by atoms with Gasteiger partial charge in [0.1, 0.15) is 4.90 Å². The van der Waals surface area contributed by atoms with Gasteiger partial charge in [-0.2, -0.15) is 0 Å². The van der Waals surface area contributed by atoms with Crippen molar-refractivity contribution >= 4 is 33.4 Å². The Morgan fingerprint density at radius 3 is 2.50 bits per heavy atom. The lowest BCUT2D eigenvalue weighted by molar-refractivity contribution is -0.122. The van der Waals surface area contributed by atoms with Crippen molar-refractivity contribution in [3.8, 4) is 0 Å². The maximum absolute atomic E-state index is 12.8. The second kappa shape index (κ2) is 7.74. The number of amides is 3. The van der Waals surface area contributed by atoms with E-state index in [-0.39, 0.29) is 40.4 Å². The van der Waals surface area contributed by atoms with Gasteiger partial charge in [-0.3, -0.25) is 14.4 Å². The summed E-state index contributed by atoms with van der Waals surface area (Å²) in [6, 6.07) is 11.1. The Labute approximate surface area is 186 Å². The van der Waals surface area contributed by atoms with Crippen molar-refractivity contribution in [2.45, 2.75) is 49.6 Å². The normalized spacial score (nSPS) is 19.2. The number of sulfonamides is 1. The Morgan fingerprint density at radius 1 is 1.03 bits per heavy atom. The van der Waals surface area contributed by atoms with Gasteiger partial charge in [0.05, 0.1) is 5.56 Å². The van der Waals surface area contributed by atoms with E-state index < -0.39 is 21.8 Å². The van der Waals surface area contributed by atoms with Gasteiger partial charge < -0.3 is 10.6 Å². The molecular formula is C23H23N3O5S. The number of carbonyl (C=O) groups excluding carboxylic acids is 3. The highest BCUT2D eigenvalue weighted by Gasteiger charge is 2.48. The van der Waals surface area contributed by atoms with Crippen molar-refractivity contribution in [2.75, 3.05) is 5.32 Å². The molecule has 0 radical (unpaired) electrons. The van der Waals surface area contributed by atoms with E-state index in [0.717, 1.165) is 29.1 Å². The lowest BCUT2D eigenvalue weighted by atomic mass is 9.85. The van der Waals surface area contributed by atoms with Crippen LogP contribution in [0.3, 0.4) is 0 Å². The number of anilines is 1. The molecule has 3 amide bonds. The molecular weight excluding hydrogens is 430 g/mol. The number of benzene rings is 2. The number of carbonyl (C=O) groups is 3. The molecule has 2 aromatic rings. The van der Waals surface area contributed by atoms with E-state index in [0.29, 0.717) is 18.5 Å². The summed E-state index contributed by atoms with van der Waals surface area (Å²) in [4.78, 5) is 37.2. The maximum Gasteiger partial charge on any atom is 0.269 e. The summed E-state index contributed by atoms with van der Waals surface area (Å²) in [6.07, 6.45) is 4.27. The summed E-state index contributed by atoms with van der Waals surface area (Å²) in [5, 5.41) is 5.68. The van der Waals surface area contributed by atoms with E-state index in [2.05, 4.69) is 10.6 Å². The molecule has 0 aromatic heterocycles. The molecule has 3 aliphatic rings. The fourth-order valence-corrected chi connectivity index (χ4v) is 5.86. The molecule has 0 saturated heterocycles. The molecule has 0 unspecified atom stereocenters. The van der Waals surface area contributed by atoms with Gasteiger partial charge in [0.15, 0.2) is 0 Å². The number of fused-ring (bicyclic) bond motifs is 1. The van der Waals surface area contributed by atoms with Gasteiger partial charge in [-0.05, 0) is 61.6 Å². The number of hydrogen-bond donors (Lipinski definition) is 2. The van der Waals surface area contributed by atoms with Crippen LogP contribution in [0.25, 0.3) is 0 Å². The molecule has 9 heteroatoms. The second-order valence-electron chi connectivity index (χ2n) is 8.55. The standard InChI is InChI=1S/C23H23N3O5S/c27-21(24-13-14-3-1-6-17(11-14)25-22(28)15-4-2-5-15)16-7-10-19-20(12-16)32(30,31)26(23(19)29)18-8-9-18/h1,3,6-7,10-12,15,18H,2,4-5,8-9,13H2,(H,24,27)(H,25,28). The molecule has 0 spiro atoms. The summed E-state index contributed by atoms with van der Waals surface area (Å²) in [7, 11) is -3.91. The first-order valence-electron chi connectivity index (χ1n) is 10.8. The maximum atomic E-state index is 12.8. The second-order valence-corrected chi connectivity index (χ2v) is 10.3. The zero-order valence-electron chi connectivity index (χ0n) is 17.3. The first kappa shape index (κ1) is 20.7. The van der Waals surface area contributed by atoms with Crippen LogP contribution >= 0.6 is 0 Å². The van der Waals surface area contributed by atoms with Crippen LogP contribution in [0, 0.1) is 5.92 Å². The minimum Gasteiger partial charge on any atom is -0.348 e. The van der Waals surface area contributed by atoms with Crippen LogP contribution in [-0.4, -0.2) is 36.5 Å². The van der Waals surface area contributed by atoms with Crippen molar-refractivity contribution < 1.29 is 22.8 Å². The number of hydrogen-bond acceptors (Lipinski definition) is 5. The Bertz CT molecular complexity index is 1230. The fraction of sp³-hybridized carbons (Fsp3) is 0.348. The van der Waals surface area contributed by atoms with Crippen LogP contribution in [0.1, 0.15) is 58.4 Å². The monoisotopic (exact) mass is 453 g/mol. The quantitative estimate of drug-likeness (QED) is 0.698. The lowest BCUT2D eigenvalue weighted by Crippen LogP contribution is -2.32. The van der Waals surface area contributed by atoms with E-state index in [1.165, 1.54) is 18.2 Å². The minimum atomic E-state index is -3.91. The van der Waals surface area contributed by atoms with Crippen LogP contribution in [0.15, 0.2) is 47.4 Å². The summed E-state index contributed by atoms with van der Waals surface area (Å²) in [5.41, 5.74) is 1.76. The van der Waals surface area contributed by atoms with Crippen LogP contribution < -0.4 is 10.6 Å². The van der Waals surface area contributed by atoms with E-state index in [1.54, 1.807) is 18.2 Å². The molecule has 0 bridgehead atoms. The first-order valence-corrected chi connectivity index (χ1v) is 12.2. The average Bonchev–Trinajstić information content (AvgIpc) is 3.52. The van der Waals surface area contributed by atoms with Crippen LogP contribution in [0.2, 0.25) is 0 Å². The molecule has 166 valence electrons. The highest BCUT2D eigenvalue weighted by Crippen LogP contribution is 2.39. The van der Waals surface area contributed by atoms with Gasteiger partial charge in [0.25, 0.3) is 21.8 Å². The highest BCUT2D eigenvalue weighted by atomic mass is 32.2. The van der Waals surface area contributed by atoms with Gasteiger partial charge in [-0.15, -0.1) is 0 Å². The van der Waals surface area contributed by atoms with Crippen molar-refractivity contribution in [1.82, 2.24) is 9.62 Å². The van der Waals surface area contributed by atoms with Gasteiger partial charge in [-0.1, -0.05) is 18.6 Å². The first-order chi connectivity index (χ1) is 15.3. The summed E-state index contributed by atoms with van der Waals surface area (Å²) < 4.78 is 26.5. The summed E-state index contributed by atoms with van der Waals surface area (Å²) >= 11 is 0. The SMILES string of the molecule is O=C(NCc1cccc(NC(=O)C2CCC2)c1)c1ccc2c(c1)S(=O)(=O)N(C1CC1)C2=O. The third-order valence-electron chi connectivity index (χ3n) is 6.21. The fourth-order valence-electron chi connectivity index (χ4n) is 4.02. The van der Waals surface area contributed by atoms with Crippen LogP contribution in [-0.2, 0) is 21.4 Å². The molecule has 2 N–H and O–H groups in total. The molecule has 2 fully saturated rings. The zero-order chi connectivity index (χ0) is 22.5. The molecule has 1 aliphatic heterocycles. The van der Waals surface area contributed by atoms with Gasteiger partial charge in [-0.25, -0.2) is 12.7 Å². The Balaban J connectivity index is 1.27. The van der Waals surface area contributed by atoms with Crippen molar-refractivity contribution in [2.24, 2.45) is 5.92 Å². The Kier molecular flexibility index (Phi) is 5.00. The average molecular weight is 454 g/mol. The molecule has 2 saturated carbocycles. The van der Waals surface area contributed by atoms with Gasteiger partial charge >= 0.3 is 0 Å². The van der Waals surface area contributed by atoms with Crippen LogP contribution in [0.5, 0.6) is 0 Å². The summed E-state index contributed by atoms with van der Waals surface area (Å²) in [6.45, 7) is 0.211. The molecule has 5 rings (SSSR count). The largest absolute Gasteiger partial charge is 0.348 e. The minimum absolute atomic E-state index is 0.0200. The molecule has 1 heterocycles. The Hall–Kier alpha value is -3.20. The predicted molar refractivity (Wildman–Crippen MR) is 116 cm³/mol. The third-order valence-corrected chi connectivity index (χ3v) is 8.09. The van der Waals surface area contributed by atoms with Gasteiger partial charge in [0, 0.05) is 29.8 Å². The van der Waals surface area contributed by atoms with E-state index in [9.17, 15) is 22.8 Å². The topological polar surface area (TPSA) is 113 Å². The molecule has 0 atom stereocenters. The molecule has 2 aromatic carbocycles. The third kappa shape index (κ3) is 3.66. The lowest BCUT2D eigenvalue weighted by Gasteiger charge is -2.24. The summed E-state index contributed by atoms with van der Waals surface area (Å²) in [5.74, 6) is -0.858. The van der Waals surface area contributed by atoms with Crippen molar-refractivity contribution in [1.29, 1.82) is 0 Å². The molecule has 32 heavy (non-hydrogen) atoms. The van der Waals surface area contributed by atoms with Gasteiger partial charge in [0.2, 0.25) is 5.91 Å². The van der Waals surface area contributed by atoms with Crippen molar-refractivity contribution in [3.05, 3.63) is 59.2 Å². The van der Waals surface area contributed by atoms with E-state index in [1.807, 2.05) is 6.07 Å². The zero-order valence-corrected chi connectivity index (χ0v) is 18.2. The number of nitrogens with zero attached hydrogens (tertiary/aromatic N) is 1. The number of nitrogens with one attached hydrogen (secondary N) is 2. The highest BCUT2D eigenvalue weighted by molar-refractivity contribution is 7.90. The Morgan fingerprint density at radius 2 is 1.81 bits per heavy atom.